The molecular weight excluding hydrogens is 370 g/mol. The van der Waals surface area contributed by atoms with E-state index in [0.29, 0.717) is 0 Å². The molecule has 2 aliphatic rings. The van der Waals surface area contributed by atoms with Crippen molar-refractivity contribution in [3.05, 3.63) is 96.1 Å². The minimum absolute atomic E-state index is 0.0493. The van der Waals surface area contributed by atoms with E-state index in [0.717, 1.165) is 43.8 Å². The zero-order valence-corrected chi connectivity index (χ0v) is 16.9. The van der Waals surface area contributed by atoms with Gasteiger partial charge < -0.3 is 0 Å². The van der Waals surface area contributed by atoms with Crippen LogP contribution in [0.1, 0.15) is 24.0 Å². The molecule has 150 valence electrons. The first-order valence-electron chi connectivity index (χ1n) is 10.6. The fraction of sp³-hybridized carbons (Fsp3) is 0.231. The van der Waals surface area contributed by atoms with Crippen molar-refractivity contribution in [2.24, 2.45) is 10.5 Å². The number of carbonyl (C=O) groups excluding carboxylic acids is 1. The number of amides is 1. The highest BCUT2D eigenvalue weighted by molar-refractivity contribution is 6.19. The molecule has 0 bridgehead atoms. The molecule has 1 spiro atoms. The Morgan fingerprint density at radius 1 is 0.767 bits per heavy atom. The van der Waals surface area contributed by atoms with Crippen LogP contribution >= 0.6 is 0 Å². The lowest BCUT2D eigenvalue weighted by atomic mass is 9.72. The topological polar surface area (TPSA) is 44.7 Å². The Labute approximate surface area is 177 Å². The van der Waals surface area contributed by atoms with Gasteiger partial charge in [0.1, 0.15) is 0 Å². The quantitative estimate of drug-likeness (QED) is 0.708. The number of benzene rings is 3. The minimum Gasteiger partial charge on any atom is -0.299 e. The lowest BCUT2D eigenvalue weighted by molar-refractivity contribution is -0.128. The summed E-state index contributed by atoms with van der Waals surface area (Å²) in [5, 5.41) is 4.41. The van der Waals surface area contributed by atoms with Gasteiger partial charge >= 0.3 is 0 Å². The number of nitrogens with zero attached hydrogens (tertiary/aromatic N) is 2. The average Bonchev–Trinajstić information content (AvgIpc) is 3.12. The van der Waals surface area contributed by atoms with E-state index in [-0.39, 0.29) is 5.91 Å². The summed E-state index contributed by atoms with van der Waals surface area (Å²) in [6.07, 6.45) is 1.60. The van der Waals surface area contributed by atoms with Gasteiger partial charge in [0.2, 0.25) is 0 Å². The van der Waals surface area contributed by atoms with Crippen molar-refractivity contribution in [3.63, 3.8) is 0 Å². The predicted molar refractivity (Wildman–Crippen MR) is 120 cm³/mol. The average molecular weight is 396 g/mol. The third kappa shape index (κ3) is 3.44. The molecule has 1 fully saturated rings. The highest BCUT2D eigenvalue weighted by Gasteiger charge is 2.49. The van der Waals surface area contributed by atoms with Crippen LogP contribution in [0, 0.1) is 5.41 Å². The third-order valence-corrected chi connectivity index (χ3v) is 6.38. The molecule has 3 aromatic rings. The summed E-state index contributed by atoms with van der Waals surface area (Å²) in [6, 6.07) is 29.4. The maximum atomic E-state index is 12.7. The van der Waals surface area contributed by atoms with Crippen molar-refractivity contribution in [2.75, 3.05) is 13.1 Å². The number of hydrazone groups is 1. The Balaban J connectivity index is 1.26. The van der Waals surface area contributed by atoms with Gasteiger partial charge in [-0.15, -0.1) is 0 Å². The summed E-state index contributed by atoms with van der Waals surface area (Å²) in [6.45, 7) is 2.68. The van der Waals surface area contributed by atoms with Crippen LogP contribution in [-0.2, 0) is 11.3 Å². The Bertz CT molecular complexity index is 1050. The van der Waals surface area contributed by atoms with E-state index in [1.165, 1.54) is 16.7 Å². The van der Waals surface area contributed by atoms with E-state index in [4.69, 9.17) is 0 Å². The monoisotopic (exact) mass is 395 g/mol. The maximum absolute atomic E-state index is 12.7. The zero-order chi connectivity index (χ0) is 20.4. The summed E-state index contributed by atoms with van der Waals surface area (Å²) in [5.74, 6) is 0.0493. The highest BCUT2D eigenvalue weighted by Crippen LogP contribution is 2.39. The molecule has 0 atom stereocenters. The molecular formula is C26H25N3O. The van der Waals surface area contributed by atoms with Crippen LogP contribution in [0.4, 0.5) is 0 Å². The molecule has 0 unspecified atom stereocenters. The van der Waals surface area contributed by atoms with Crippen molar-refractivity contribution >= 4 is 11.6 Å². The van der Waals surface area contributed by atoms with Crippen molar-refractivity contribution in [3.8, 4) is 11.1 Å². The second kappa shape index (κ2) is 7.88. The number of hydrogen-bond acceptors (Lipinski definition) is 3. The fourth-order valence-corrected chi connectivity index (χ4v) is 4.61. The van der Waals surface area contributed by atoms with Crippen molar-refractivity contribution in [2.45, 2.75) is 19.4 Å². The van der Waals surface area contributed by atoms with E-state index in [1.54, 1.807) is 0 Å². The summed E-state index contributed by atoms with van der Waals surface area (Å²) >= 11 is 0. The molecule has 30 heavy (non-hydrogen) atoms. The minimum atomic E-state index is -0.491. The van der Waals surface area contributed by atoms with Gasteiger partial charge in [0, 0.05) is 6.54 Å². The number of piperidine rings is 1. The first-order valence-corrected chi connectivity index (χ1v) is 10.6. The first-order chi connectivity index (χ1) is 14.7. The second-order valence-corrected chi connectivity index (χ2v) is 8.19. The van der Waals surface area contributed by atoms with E-state index in [9.17, 15) is 4.79 Å². The van der Waals surface area contributed by atoms with E-state index < -0.39 is 5.41 Å². The van der Waals surface area contributed by atoms with Crippen molar-refractivity contribution in [1.82, 2.24) is 10.3 Å². The number of nitrogens with one attached hydrogen (secondary N) is 1. The van der Waals surface area contributed by atoms with Crippen LogP contribution in [-0.4, -0.2) is 29.6 Å². The molecule has 0 radical (unpaired) electrons. The van der Waals surface area contributed by atoms with Gasteiger partial charge in [-0.2, -0.15) is 5.10 Å². The van der Waals surface area contributed by atoms with Gasteiger partial charge in [0.25, 0.3) is 5.91 Å². The standard InChI is InChI=1S/C26H25N3O/c30-25-26(24(27-28-25)23-9-5-2-6-10-23)15-17-29(18-16-26)19-20-11-13-22(14-12-20)21-7-3-1-4-8-21/h1-14H,15-19H2,(H,28,30). The van der Waals surface area contributed by atoms with Crippen LogP contribution in [0.3, 0.4) is 0 Å². The molecule has 2 heterocycles. The Hall–Kier alpha value is -3.24. The smallest absolute Gasteiger partial charge is 0.252 e. The largest absolute Gasteiger partial charge is 0.299 e. The fourth-order valence-electron chi connectivity index (χ4n) is 4.61. The van der Waals surface area contributed by atoms with E-state index in [2.05, 4.69) is 64.0 Å². The Kier molecular flexibility index (Phi) is 4.93. The van der Waals surface area contributed by atoms with Gasteiger partial charge in [0.05, 0.1) is 11.1 Å². The number of hydrogen-bond donors (Lipinski definition) is 1. The molecule has 4 heteroatoms. The van der Waals surface area contributed by atoms with E-state index >= 15 is 0 Å². The van der Waals surface area contributed by atoms with Crippen LogP contribution in [0.2, 0.25) is 0 Å². The second-order valence-electron chi connectivity index (χ2n) is 8.19. The normalized spacial score (nSPS) is 18.3. The summed E-state index contributed by atoms with van der Waals surface area (Å²) < 4.78 is 0. The van der Waals surface area contributed by atoms with Gasteiger partial charge in [0.15, 0.2) is 0 Å². The van der Waals surface area contributed by atoms with Crippen LogP contribution in [0.5, 0.6) is 0 Å². The van der Waals surface area contributed by atoms with Crippen molar-refractivity contribution < 1.29 is 4.79 Å². The van der Waals surface area contributed by atoms with Gasteiger partial charge in [-0.3, -0.25) is 9.69 Å². The third-order valence-electron chi connectivity index (χ3n) is 6.38. The zero-order valence-electron chi connectivity index (χ0n) is 16.9. The maximum Gasteiger partial charge on any atom is 0.252 e. The van der Waals surface area contributed by atoms with Crippen molar-refractivity contribution in [1.29, 1.82) is 0 Å². The van der Waals surface area contributed by atoms with E-state index in [1.807, 2.05) is 36.4 Å². The van der Waals surface area contributed by atoms with Gasteiger partial charge in [-0.05, 0) is 48.2 Å². The summed E-state index contributed by atoms with van der Waals surface area (Å²) in [4.78, 5) is 15.2. The molecule has 1 saturated heterocycles. The molecule has 2 aliphatic heterocycles. The lowest BCUT2D eigenvalue weighted by Gasteiger charge is -2.38. The molecule has 3 aromatic carbocycles. The van der Waals surface area contributed by atoms with Gasteiger partial charge in [-0.25, -0.2) is 5.43 Å². The molecule has 0 aromatic heterocycles. The van der Waals surface area contributed by atoms with Gasteiger partial charge in [-0.1, -0.05) is 84.9 Å². The number of carbonyl (C=O) groups is 1. The highest BCUT2D eigenvalue weighted by atomic mass is 16.2. The first kappa shape index (κ1) is 18.8. The Morgan fingerprint density at radius 3 is 1.97 bits per heavy atom. The lowest BCUT2D eigenvalue weighted by Crippen LogP contribution is -2.48. The molecule has 0 saturated carbocycles. The Morgan fingerprint density at radius 2 is 1.33 bits per heavy atom. The summed E-state index contributed by atoms with van der Waals surface area (Å²) in [5.41, 5.74) is 7.98. The predicted octanol–water partition coefficient (Wildman–Crippen LogP) is 4.47. The van der Waals surface area contributed by atoms with Crippen LogP contribution in [0.25, 0.3) is 11.1 Å². The molecule has 4 nitrogen and oxygen atoms in total. The number of likely N-dealkylation sites (tertiary alicyclic amines) is 1. The number of rotatable bonds is 4. The van der Waals surface area contributed by atoms with Crippen LogP contribution < -0.4 is 5.43 Å². The SMILES string of the molecule is O=C1NN=C(c2ccccc2)C12CCN(Cc1ccc(-c3ccccc3)cc1)CC2. The molecule has 5 rings (SSSR count). The molecule has 1 N–H and O–H groups in total. The van der Waals surface area contributed by atoms with Crippen LogP contribution in [0.15, 0.2) is 90.0 Å². The molecule has 0 aliphatic carbocycles. The summed E-state index contributed by atoms with van der Waals surface area (Å²) in [7, 11) is 0. The molecule has 1 amide bonds.